The van der Waals surface area contributed by atoms with E-state index in [-0.39, 0.29) is 0 Å². The number of rotatable bonds is 28. The minimum Gasteiger partial charge on any atom is -0.361 e. The fourth-order valence-corrected chi connectivity index (χ4v) is 17.9. The fraction of sp³-hybridized carbons (Fsp3) is 0.541. The van der Waals surface area contributed by atoms with Gasteiger partial charge in [0.25, 0.3) is 0 Å². The van der Waals surface area contributed by atoms with Crippen LogP contribution in [0.4, 0.5) is 11.6 Å². The van der Waals surface area contributed by atoms with E-state index in [9.17, 15) is 0 Å². The van der Waals surface area contributed by atoms with Crippen molar-refractivity contribution in [3.8, 4) is 44.8 Å². The Labute approximate surface area is 567 Å². The number of fused-ring (bicyclic) bond motifs is 6. The van der Waals surface area contributed by atoms with Gasteiger partial charge in [-0.1, -0.05) is 177 Å². The minimum absolute atomic E-state index is 0.420. The van der Waals surface area contributed by atoms with Gasteiger partial charge >= 0.3 is 0 Å². The van der Waals surface area contributed by atoms with Crippen LogP contribution in [0.1, 0.15) is 87.4 Å². The molecule has 4 fully saturated rings. The number of nitrogens with zero attached hydrogens (tertiary/aromatic N) is 10. The third-order valence-corrected chi connectivity index (χ3v) is 27.1. The first kappa shape index (κ1) is 69.1. The molecule has 12 rings (SSSR count). The number of ether oxygens (including phenoxy) is 4. The van der Waals surface area contributed by atoms with Crippen LogP contribution in [0.2, 0.25) is 103 Å². The number of anilines is 2. The second-order valence-electron chi connectivity index (χ2n) is 32.3. The van der Waals surface area contributed by atoms with Gasteiger partial charge in [-0.15, -0.1) is 0 Å². The summed E-state index contributed by atoms with van der Waals surface area (Å²) in [6, 6.07) is 36.0. The van der Waals surface area contributed by atoms with Gasteiger partial charge in [0, 0.05) is 128 Å². The third kappa shape index (κ3) is 18.7. The van der Waals surface area contributed by atoms with E-state index in [0.29, 0.717) is 38.8 Å². The molecule has 0 aliphatic heterocycles. The molecule has 6 aromatic heterocycles. The molecule has 4 aliphatic rings. The maximum Gasteiger partial charge on any atom is 0.165 e. The van der Waals surface area contributed by atoms with Gasteiger partial charge < -0.3 is 28.7 Å². The molecule has 4 saturated carbocycles. The Kier molecular flexibility index (Phi) is 22.6. The molecule has 4 aliphatic carbocycles. The lowest BCUT2D eigenvalue weighted by Crippen LogP contribution is -2.34. The van der Waals surface area contributed by atoms with Gasteiger partial charge in [-0.05, 0) is 114 Å². The van der Waals surface area contributed by atoms with Crippen molar-refractivity contribution in [2.24, 2.45) is 23.7 Å². The zero-order valence-corrected chi connectivity index (χ0v) is 63.6. The van der Waals surface area contributed by atoms with Crippen LogP contribution in [0.15, 0.2) is 120 Å². The summed E-state index contributed by atoms with van der Waals surface area (Å²) in [4.78, 5) is 25.0. The number of halogens is 1. The summed E-state index contributed by atoms with van der Waals surface area (Å²) in [6.07, 6.45) is 20.9. The zero-order valence-electron chi connectivity index (χ0n) is 58.0. The molecule has 0 spiro atoms. The molecule has 2 aromatic carbocycles. The van der Waals surface area contributed by atoms with E-state index in [2.05, 4.69) is 171 Å². The van der Waals surface area contributed by atoms with E-state index in [1.165, 1.54) is 69.9 Å². The standard InChI is InChI=1S/C37H52BrN5O2Si2.C37H53N5O2Si2/c1-46(2,3)18-16-44-25-42(26-45-17-19-47(4,5)6)37-34(38)35(31-21-27-12-13-28(20-27)22-31)41-36-32(24-40-43(36)37)30-14-15-33(39-23-30)29-10-8-7-9-11-29;1-45(2,3)18-16-43-26-41(27-44-17-19-46(4,5)6)36-23-35(32-21-28-12-13-29(20-28)22-32)40-37-33(25-39-42(36)37)31-14-15-34(38-24-31)30-10-8-7-9-11-30/h7-11,14-15,23-24,27-28,31H,12-13,16-22,25-26H2,1-6H3;7-11,14-15,23-25,28-29,32H,12-13,16-22,26-27H2,1-6H3. The lowest BCUT2D eigenvalue weighted by Gasteiger charge is -2.31. The molecule has 498 valence electrons. The van der Waals surface area contributed by atoms with Crippen molar-refractivity contribution < 1.29 is 18.9 Å². The largest absolute Gasteiger partial charge is 0.361 e. The summed E-state index contributed by atoms with van der Waals surface area (Å²) in [6.45, 7) is 33.6. The smallest absolute Gasteiger partial charge is 0.165 e. The van der Waals surface area contributed by atoms with Crippen LogP contribution in [0.5, 0.6) is 0 Å². The Hall–Kier alpha value is -5.23. The van der Waals surface area contributed by atoms with Crippen molar-refractivity contribution in [1.29, 1.82) is 0 Å². The molecular weight excluding hydrogens is 1290 g/mol. The van der Waals surface area contributed by atoms with Crippen LogP contribution in [-0.2, 0) is 18.9 Å². The van der Waals surface area contributed by atoms with Crippen LogP contribution in [-0.4, -0.2) is 125 Å². The first-order valence-electron chi connectivity index (χ1n) is 34.8. The Bertz CT molecular complexity index is 3630. The summed E-state index contributed by atoms with van der Waals surface area (Å²) < 4.78 is 30.6. The predicted molar refractivity (Wildman–Crippen MR) is 397 cm³/mol. The van der Waals surface area contributed by atoms with Crippen LogP contribution < -0.4 is 9.80 Å². The van der Waals surface area contributed by atoms with Crippen molar-refractivity contribution in [3.05, 3.63) is 132 Å². The molecule has 93 heavy (non-hydrogen) atoms. The maximum atomic E-state index is 6.40. The molecule has 19 heteroatoms. The van der Waals surface area contributed by atoms with Gasteiger partial charge in [-0.2, -0.15) is 19.2 Å². The van der Waals surface area contributed by atoms with Gasteiger partial charge in [0.05, 0.1) is 33.9 Å². The molecule has 4 unspecified atom stereocenters. The van der Waals surface area contributed by atoms with Crippen molar-refractivity contribution in [3.63, 3.8) is 0 Å². The van der Waals surface area contributed by atoms with Gasteiger partial charge in [0.2, 0.25) is 0 Å². The Morgan fingerprint density at radius 2 is 0.839 bits per heavy atom. The average Bonchev–Trinajstić information content (AvgIpc) is 1.68. The van der Waals surface area contributed by atoms with Crippen LogP contribution in [0, 0.1) is 23.7 Å². The first-order valence-corrected chi connectivity index (χ1v) is 50.4. The average molecular weight is 1390 g/mol. The number of hydrogen-bond donors (Lipinski definition) is 0. The van der Waals surface area contributed by atoms with Gasteiger partial charge in [-0.25, -0.2) is 9.97 Å². The topological polar surface area (TPSA) is 130 Å². The minimum atomic E-state index is -1.23. The highest BCUT2D eigenvalue weighted by Gasteiger charge is 2.39. The monoisotopic (exact) mass is 1390 g/mol. The number of aromatic nitrogens is 8. The Morgan fingerprint density at radius 3 is 1.25 bits per heavy atom. The number of hydrogen-bond acceptors (Lipinski definition) is 12. The molecule has 14 nitrogen and oxygen atoms in total. The molecule has 6 heterocycles. The lowest BCUT2D eigenvalue weighted by molar-refractivity contribution is 0.0939. The summed E-state index contributed by atoms with van der Waals surface area (Å²) >= 11 is 4.11. The quantitative estimate of drug-likeness (QED) is 0.0263. The van der Waals surface area contributed by atoms with E-state index < -0.39 is 32.3 Å². The molecule has 4 atom stereocenters. The van der Waals surface area contributed by atoms with E-state index >= 15 is 0 Å². The van der Waals surface area contributed by atoms with Crippen LogP contribution in [0.3, 0.4) is 0 Å². The van der Waals surface area contributed by atoms with Gasteiger partial charge in [0.1, 0.15) is 32.7 Å². The highest BCUT2D eigenvalue weighted by Crippen LogP contribution is 2.51. The Balaban J connectivity index is 0.000000190. The molecule has 0 radical (unpaired) electrons. The summed E-state index contributed by atoms with van der Waals surface area (Å²) in [5, 5.41) is 9.93. The van der Waals surface area contributed by atoms with E-state index in [1.54, 1.807) is 0 Å². The Morgan fingerprint density at radius 1 is 0.441 bits per heavy atom. The van der Waals surface area contributed by atoms with Gasteiger partial charge in [-0.3, -0.25) is 9.97 Å². The molecule has 0 saturated heterocycles. The predicted octanol–water partition coefficient (Wildman–Crippen LogP) is 19.1. The van der Waals surface area contributed by atoms with Gasteiger partial charge in [0.15, 0.2) is 17.1 Å². The van der Waals surface area contributed by atoms with Crippen LogP contribution in [0.25, 0.3) is 56.1 Å². The lowest BCUT2D eigenvalue weighted by atomic mass is 9.79. The second-order valence-corrected chi connectivity index (χ2v) is 55.5. The van der Waals surface area contributed by atoms with Crippen molar-refractivity contribution in [1.82, 2.24) is 39.2 Å². The highest BCUT2D eigenvalue weighted by atomic mass is 79.9. The van der Waals surface area contributed by atoms with Crippen molar-refractivity contribution in [2.75, 3.05) is 63.2 Å². The summed E-state index contributed by atoms with van der Waals surface area (Å²) in [5.41, 5.74) is 12.3. The van der Waals surface area contributed by atoms with Crippen LogP contribution >= 0.6 is 15.9 Å². The first-order chi connectivity index (χ1) is 44.5. The second kappa shape index (κ2) is 30.5. The normalized spacial score (nSPS) is 19.9. The SMILES string of the molecule is C[Si](C)(C)CCOCN(COCC[Si](C)(C)C)c1c(Br)c(C2CC3CCC(C3)C2)nc2c(-c3ccc(-c4ccccc4)nc3)cnn12.C[Si](C)(C)CCOCN(COCC[Si](C)(C)C)c1cc(C2CC3CCC(C3)C2)nc2c(-c3ccc(-c4ccccc4)nc3)cnn12. The molecule has 4 bridgehead atoms. The summed E-state index contributed by atoms with van der Waals surface area (Å²) in [7, 11) is -4.87. The zero-order chi connectivity index (χ0) is 65.5. The van der Waals surface area contributed by atoms with Crippen molar-refractivity contribution >= 4 is 71.2 Å². The molecule has 8 aromatic rings. The molecule has 0 N–H and O–H groups in total. The van der Waals surface area contributed by atoms with E-state index in [4.69, 9.17) is 49.1 Å². The fourth-order valence-electron chi connectivity index (χ4n) is 14.0. The molecular formula is C74H105BrN10O4Si4. The number of pyridine rings is 2. The highest BCUT2D eigenvalue weighted by molar-refractivity contribution is 9.10. The molecule has 0 amide bonds. The number of benzene rings is 2. The van der Waals surface area contributed by atoms with Crippen molar-refractivity contribution in [2.45, 2.75) is 179 Å². The maximum absolute atomic E-state index is 6.40. The third-order valence-electron chi connectivity index (χ3n) is 19.5. The summed E-state index contributed by atoms with van der Waals surface area (Å²) in [5.74, 6) is 6.12. The van der Waals surface area contributed by atoms with E-state index in [0.717, 1.165) is 152 Å². The van der Waals surface area contributed by atoms with E-state index in [1.807, 2.05) is 58.1 Å².